The van der Waals surface area contributed by atoms with Crippen LogP contribution in [0.2, 0.25) is 0 Å². The maximum absolute atomic E-state index is 4.29. The van der Waals surface area contributed by atoms with Crippen molar-refractivity contribution >= 4 is 12.6 Å². The molecule has 0 rings (SSSR count). The summed E-state index contributed by atoms with van der Waals surface area (Å²) in [4.78, 5) is 0. The van der Waals surface area contributed by atoms with Crippen molar-refractivity contribution in [1.29, 1.82) is 0 Å². The van der Waals surface area contributed by atoms with Gasteiger partial charge in [0, 0.05) is 0 Å². The molecule has 0 fully saturated rings. The van der Waals surface area contributed by atoms with E-state index in [2.05, 4.69) is 19.6 Å². The highest BCUT2D eigenvalue weighted by Crippen LogP contribution is 2.17. The Morgan fingerprint density at radius 3 is 0.474 bits per heavy atom. The molecule has 0 aliphatic rings. The third-order valence-corrected chi connectivity index (χ3v) is 9.08. The Bertz CT molecular complexity index is 343. The van der Waals surface area contributed by atoms with Crippen LogP contribution in [0.1, 0.15) is 232 Å². The second-order valence-electron chi connectivity index (χ2n) is 12.7. The summed E-state index contributed by atoms with van der Waals surface area (Å²) in [7, 11) is 0. The first-order valence-electron chi connectivity index (χ1n) is 18.5. The van der Waals surface area contributed by atoms with Gasteiger partial charge in [0.15, 0.2) is 0 Å². The van der Waals surface area contributed by atoms with Crippen LogP contribution < -0.4 is 0 Å². The molecule has 0 nitrogen and oxygen atoms in total. The van der Waals surface area contributed by atoms with Crippen molar-refractivity contribution < 1.29 is 0 Å². The topological polar surface area (TPSA) is 0 Å². The Morgan fingerprint density at radius 2 is 0.342 bits per heavy atom. The minimum absolute atomic E-state index is 1.07. The molecule has 0 spiro atoms. The van der Waals surface area contributed by atoms with Gasteiger partial charge in [-0.25, -0.2) is 0 Å². The smallest absolute Gasteiger partial charge is 0.00979 e. The molecule has 0 amide bonds. The van der Waals surface area contributed by atoms with Crippen LogP contribution in [0.5, 0.6) is 0 Å². The van der Waals surface area contributed by atoms with Crippen LogP contribution in [-0.4, -0.2) is 5.75 Å². The van der Waals surface area contributed by atoms with Crippen molar-refractivity contribution in [2.24, 2.45) is 0 Å². The van der Waals surface area contributed by atoms with E-state index < -0.39 is 0 Å². The minimum Gasteiger partial charge on any atom is -0.179 e. The highest BCUT2D eigenvalue weighted by molar-refractivity contribution is 7.80. The normalized spacial score (nSPS) is 11.5. The molecule has 1 heteroatoms. The zero-order valence-electron chi connectivity index (χ0n) is 26.9. The number of unbranched alkanes of at least 4 members (excludes halogenated alkanes) is 34. The van der Waals surface area contributed by atoms with Crippen molar-refractivity contribution in [1.82, 2.24) is 0 Å². The molecule has 0 N–H and O–H groups in total. The molecule has 0 aromatic carbocycles. The zero-order valence-corrected chi connectivity index (χ0v) is 27.8. The lowest BCUT2D eigenvalue weighted by Gasteiger charge is -2.05. The SMILES string of the molecule is CCCCCCCCCCCCCCCCCCCCCCCCCCCCCCCCCCCCCS. The lowest BCUT2D eigenvalue weighted by molar-refractivity contribution is 0.511. The highest BCUT2D eigenvalue weighted by atomic mass is 32.1. The van der Waals surface area contributed by atoms with Crippen molar-refractivity contribution in [3.63, 3.8) is 0 Å². The predicted octanol–water partition coefficient (Wildman–Crippen LogP) is 14.6. The van der Waals surface area contributed by atoms with Crippen molar-refractivity contribution in [2.45, 2.75) is 232 Å². The third-order valence-electron chi connectivity index (χ3n) is 8.76. The molecule has 0 aromatic rings. The van der Waals surface area contributed by atoms with E-state index >= 15 is 0 Å². The fourth-order valence-corrected chi connectivity index (χ4v) is 6.24. The van der Waals surface area contributed by atoms with Gasteiger partial charge in [0.05, 0.1) is 0 Å². The van der Waals surface area contributed by atoms with E-state index in [1.54, 1.807) is 0 Å². The van der Waals surface area contributed by atoms with Gasteiger partial charge < -0.3 is 0 Å². The van der Waals surface area contributed by atoms with Gasteiger partial charge in [0.1, 0.15) is 0 Å². The number of rotatable bonds is 35. The summed E-state index contributed by atoms with van der Waals surface area (Å²) in [5.41, 5.74) is 0. The van der Waals surface area contributed by atoms with Gasteiger partial charge in [-0.15, -0.1) is 0 Å². The summed E-state index contributed by atoms with van der Waals surface area (Å²) in [5.74, 6) is 1.07. The van der Waals surface area contributed by atoms with Crippen LogP contribution in [0.4, 0.5) is 0 Å². The first kappa shape index (κ1) is 38.4. The Hall–Kier alpha value is 0.350. The fraction of sp³-hybridized carbons (Fsp3) is 1.00. The lowest BCUT2D eigenvalue weighted by atomic mass is 10.0. The van der Waals surface area contributed by atoms with Crippen LogP contribution in [0.15, 0.2) is 0 Å². The van der Waals surface area contributed by atoms with Gasteiger partial charge in [-0.05, 0) is 12.2 Å². The molecule has 0 unspecified atom stereocenters. The standard InChI is InChI=1S/C37H76S/c1-2-3-4-5-6-7-8-9-10-11-12-13-14-15-16-17-18-19-20-21-22-23-24-25-26-27-28-29-30-31-32-33-34-35-36-37-38/h38H,2-37H2,1H3. The van der Waals surface area contributed by atoms with E-state index in [0.717, 1.165) is 5.75 Å². The summed E-state index contributed by atoms with van der Waals surface area (Å²) in [5, 5.41) is 0. The molecular weight excluding hydrogens is 476 g/mol. The van der Waals surface area contributed by atoms with Crippen LogP contribution in [0.3, 0.4) is 0 Å². The third kappa shape index (κ3) is 36.4. The van der Waals surface area contributed by atoms with Gasteiger partial charge in [-0.2, -0.15) is 12.6 Å². The van der Waals surface area contributed by atoms with Crippen molar-refractivity contribution in [3.8, 4) is 0 Å². The number of hydrogen-bond acceptors (Lipinski definition) is 1. The first-order chi connectivity index (χ1) is 18.9. The van der Waals surface area contributed by atoms with Crippen LogP contribution in [0, 0.1) is 0 Å². The first-order valence-corrected chi connectivity index (χ1v) is 19.2. The van der Waals surface area contributed by atoms with Gasteiger partial charge in [-0.1, -0.05) is 225 Å². The average Bonchev–Trinajstić information content (AvgIpc) is 2.93. The molecule has 0 saturated heterocycles. The van der Waals surface area contributed by atoms with Gasteiger partial charge in [0.25, 0.3) is 0 Å². The van der Waals surface area contributed by atoms with Crippen LogP contribution in [-0.2, 0) is 0 Å². The van der Waals surface area contributed by atoms with Crippen molar-refractivity contribution in [2.75, 3.05) is 5.75 Å². The maximum Gasteiger partial charge on any atom is -0.00979 e. The lowest BCUT2D eigenvalue weighted by Crippen LogP contribution is -1.85. The molecule has 0 aromatic heterocycles. The molecule has 0 saturated carbocycles. The summed E-state index contributed by atoms with van der Waals surface area (Å²) >= 11 is 4.29. The van der Waals surface area contributed by atoms with E-state index in [1.165, 1.54) is 225 Å². The van der Waals surface area contributed by atoms with Gasteiger partial charge in [-0.3, -0.25) is 0 Å². The van der Waals surface area contributed by atoms with E-state index in [9.17, 15) is 0 Å². The molecule has 38 heavy (non-hydrogen) atoms. The van der Waals surface area contributed by atoms with E-state index in [1.807, 2.05) is 0 Å². The van der Waals surface area contributed by atoms with Gasteiger partial charge in [0.2, 0.25) is 0 Å². The Morgan fingerprint density at radius 1 is 0.211 bits per heavy atom. The largest absolute Gasteiger partial charge is 0.179 e. The predicted molar refractivity (Wildman–Crippen MR) is 181 cm³/mol. The number of thiol groups is 1. The molecular formula is C37H76S. The minimum atomic E-state index is 1.07. The van der Waals surface area contributed by atoms with E-state index in [-0.39, 0.29) is 0 Å². The summed E-state index contributed by atoms with van der Waals surface area (Å²) in [6.45, 7) is 2.31. The average molecular weight is 553 g/mol. The molecule has 0 aliphatic heterocycles. The van der Waals surface area contributed by atoms with Gasteiger partial charge >= 0.3 is 0 Å². The monoisotopic (exact) mass is 553 g/mol. The fourth-order valence-electron chi connectivity index (χ4n) is 6.02. The molecule has 0 aliphatic carbocycles. The summed E-state index contributed by atoms with van der Waals surface area (Å²) in [6.07, 6.45) is 51.6. The number of hydrogen-bond donors (Lipinski definition) is 1. The molecule has 0 atom stereocenters. The zero-order chi connectivity index (χ0) is 27.5. The Kier molecular flexibility index (Phi) is 37.7. The summed E-state index contributed by atoms with van der Waals surface area (Å²) in [6, 6.07) is 0. The molecule has 0 heterocycles. The van der Waals surface area contributed by atoms with Crippen LogP contribution in [0.25, 0.3) is 0 Å². The highest BCUT2D eigenvalue weighted by Gasteiger charge is 1.97. The van der Waals surface area contributed by atoms with E-state index in [0.29, 0.717) is 0 Å². The second-order valence-corrected chi connectivity index (χ2v) is 13.2. The second kappa shape index (κ2) is 37.4. The molecule has 0 bridgehead atoms. The maximum atomic E-state index is 4.29. The Labute approximate surface area is 249 Å². The quantitative estimate of drug-likeness (QED) is 0.0586. The molecule has 230 valence electrons. The summed E-state index contributed by atoms with van der Waals surface area (Å²) < 4.78 is 0. The van der Waals surface area contributed by atoms with Crippen molar-refractivity contribution in [3.05, 3.63) is 0 Å². The molecule has 0 radical (unpaired) electrons. The Balaban J connectivity index is 3.01. The van der Waals surface area contributed by atoms with Crippen LogP contribution >= 0.6 is 12.6 Å². The van der Waals surface area contributed by atoms with E-state index in [4.69, 9.17) is 0 Å².